The Kier molecular flexibility index (Phi) is 9.42. The smallest absolute Gasteiger partial charge is 0.348 e. The van der Waals surface area contributed by atoms with Crippen molar-refractivity contribution in [2.45, 2.75) is 26.5 Å². The predicted octanol–water partition coefficient (Wildman–Crippen LogP) is 0.929. The monoisotopic (exact) mass is 437 g/mol. The number of esters is 1. The molecule has 0 aliphatic heterocycles. The standard InChI is InChI=1S/C20H27N3O6S/c1-5-8-28-12-14(24)10-23(7-9-27-4)11-15-21-18(25)16-13(3)17(20(26)29-6-2)30-19(16)22-15/h1,14,24H,6-12H2,2-4H3,(H,21,22,25)/t14-/m1/s1. The lowest BCUT2D eigenvalue weighted by Crippen LogP contribution is -2.37. The third kappa shape index (κ3) is 6.35. The van der Waals surface area contributed by atoms with E-state index in [-0.39, 0.29) is 38.5 Å². The van der Waals surface area contributed by atoms with Crippen molar-refractivity contribution in [1.29, 1.82) is 0 Å². The van der Waals surface area contributed by atoms with Gasteiger partial charge >= 0.3 is 5.97 Å². The molecular formula is C20H27N3O6S. The summed E-state index contributed by atoms with van der Waals surface area (Å²) < 4.78 is 15.4. The third-order valence-electron chi connectivity index (χ3n) is 4.26. The van der Waals surface area contributed by atoms with Crippen molar-refractivity contribution in [2.24, 2.45) is 0 Å². The summed E-state index contributed by atoms with van der Waals surface area (Å²) >= 11 is 1.14. The molecular weight excluding hydrogens is 410 g/mol. The number of aromatic nitrogens is 2. The first-order chi connectivity index (χ1) is 14.4. The summed E-state index contributed by atoms with van der Waals surface area (Å²) in [6.07, 6.45) is 4.38. The first-order valence-corrected chi connectivity index (χ1v) is 10.3. The second-order valence-electron chi connectivity index (χ2n) is 6.57. The Hall–Kier alpha value is -2.29. The molecule has 2 aromatic rings. The minimum atomic E-state index is -0.759. The van der Waals surface area contributed by atoms with E-state index in [1.807, 2.05) is 4.90 Å². The van der Waals surface area contributed by atoms with Gasteiger partial charge in [-0.05, 0) is 19.4 Å². The topological polar surface area (TPSA) is 114 Å². The zero-order valence-electron chi connectivity index (χ0n) is 17.4. The fourth-order valence-electron chi connectivity index (χ4n) is 2.93. The number of H-pyrrole nitrogens is 1. The SMILES string of the molecule is C#CCOC[C@H](O)CN(CCOC)Cc1nc2sc(C(=O)OCC)c(C)c2c(=O)[nH]1. The number of thiophene rings is 1. The highest BCUT2D eigenvalue weighted by Crippen LogP contribution is 2.27. The van der Waals surface area contributed by atoms with Gasteiger partial charge in [-0.2, -0.15) is 0 Å². The molecule has 0 aliphatic rings. The highest BCUT2D eigenvalue weighted by molar-refractivity contribution is 7.20. The van der Waals surface area contributed by atoms with Gasteiger partial charge in [-0.15, -0.1) is 17.8 Å². The van der Waals surface area contributed by atoms with E-state index in [9.17, 15) is 14.7 Å². The lowest BCUT2D eigenvalue weighted by Gasteiger charge is -2.24. The minimum absolute atomic E-state index is 0.101. The number of ether oxygens (including phenoxy) is 3. The number of aryl methyl sites for hydroxylation is 1. The number of nitrogens with zero attached hydrogens (tertiary/aromatic N) is 2. The Morgan fingerprint density at radius 2 is 2.23 bits per heavy atom. The number of methoxy groups -OCH3 is 1. The molecule has 10 heteroatoms. The molecule has 9 nitrogen and oxygen atoms in total. The molecule has 2 heterocycles. The van der Waals surface area contributed by atoms with Gasteiger partial charge < -0.3 is 24.3 Å². The van der Waals surface area contributed by atoms with Crippen LogP contribution in [0.2, 0.25) is 0 Å². The van der Waals surface area contributed by atoms with Crippen LogP contribution in [0.15, 0.2) is 4.79 Å². The molecule has 0 saturated carbocycles. The second-order valence-corrected chi connectivity index (χ2v) is 7.57. The summed E-state index contributed by atoms with van der Waals surface area (Å²) in [5.41, 5.74) is 0.245. The number of terminal acetylenes is 1. The Morgan fingerprint density at radius 1 is 1.47 bits per heavy atom. The number of aliphatic hydroxyl groups is 1. The van der Waals surface area contributed by atoms with Gasteiger partial charge in [0, 0.05) is 20.2 Å². The molecule has 1 atom stereocenters. The maximum absolute atomic E-state index is 12.6. The number of hydrogen-bond donors (Lipinski definition) is 2. The zero-order valence-corrected chi connectivity index (χ0v) is 18.2. The van der Waals surface area contributed by atoms with Crippen molar-refractivity contribution in [1.82, 2.24) is 14.9 Å². The van der Waals surface area contributed by atoms with Crippen molar-refractivity contribution in [2.75, 3.05) is 46.6 Å². The van der Waals surface area contributed by atoms with Gasteiger partial charge in [0.2, 0.25) is 0 Å². The van der Waals surface area contributed by atoms with Crippen LogP contribution in [0.1, 0.15) is 28.0 Å². The van der Waals surface area contributed by atoms with Crippen LogP contribution in [0.25, 0.3) is 10.2 Å². The summed E-state index contributed by atoms with van der Waals surface area (Å²) in [5, 5.41) is 10.6. The van der Waals surface area contributed by atoms with Crippen LogP contribution in [0.4, 0.5) is 0 Å². The first-order valence-electron chi connectivity index (χ1n) is 9.51. The molecule has 2 aromatic heterocycles. The summed E-state index contributed by atoms with van der Waals surface area (Å²) in [5.74, 6) is 2.31. The number of fused-ring (bicyclic) bond motifs is 1. The van der Waals surface area contributed by atoms with E-state index in [0.717, 1.165) is 11.3 Å². The molecule has 164 valence electrons. The lowest BCUT2D eigenvalue weighted by molar-refractivity contribution is 0.0202. The van der Waals surface area contributed by atoms with Crippen LogP contribution in [0.3, 0.4) is 0 Å². The van der Waals surface area contributed by atoms with Crippen molar-refractivity contribution in [3.63, 3.8) is 0 Å². The molecule has 0 aliphatic carbocycles. The molecule has 2 N–H and O–H groups in total. The van der Waals surface area contributed by atoms with Gasteiger partial charge in [-0.3, -0.25) is 9.69 Å². The minimum Gasteiger partial charge on any atom is -0.462 e. The highest BCUT2D eigenvalue weighted by atomic mass is 32.1. The van der Waals surface area contributed by atoms with E-state index >= 15 is 0 Å². The molecule has 0 saturated heterocycles. The maximum atomic E-state index is 12.6. The predicted molar refractivity (Wildman–Crippen MR) is 114 cm³/mol. The van der Waals surface area contributed by atoms with Crippen LogP contribution in [0.5, 0.6) is 0 Å². The Bertz CT molecular complexity index is 948. The van der Waals surface area contributed by atoms with E-state index in [0.29, 0.717) is 39.6 Å². The molecule has 0 unspecified atom stereocenters. The molecule has 0 radical (unpaired) electrons. The number of carbonyl (C=O) groups is 1. The molecule has 0 bridgehead atoms. The summed E-state index contributed by atoms with van der Waals surface area (Å²) in [6.45, 7) is 5.44. The summed E-state index contributed by atoms with van der Waals surface area (Å²) in [7, 11) is 1.59. The zero-order chi connectivity index (χ0) is 22.1. The Morgan fingerprint density at radius 3 is 2.90 bits per heavy atom. The van der Waals surface area contributed by atoms with Crippen LogP contribution in [0, 0.1) is 19.3 Å². The average molecular weight is 438 g/mol. The average Bonchev–Trinajstić information content (AvgIpc) is 3.03. The summed E-state index contributed by atoms with van der Waals surface area (Å²) in [6, 6.07) is 0. The van der Waals surface area contributed by atoms with Crippen LogP contribution < -0.4 is 5.56 Å². The Balaban J connectivity index is 2.22. The van der Waals surface area contributed by atoms with E-state index in [2.05, 4.69) is 15.9 Å². The van der Waals surface area contributed by atoms with Gasteiger partial charge in [0.25, 0.3) is 5.56 Å². The number of aromatic amines is 1. The van der Waals surface area contributed by atoms with Gasteiger partial charge in [0.1, 0.15) is 22.1 Å². The fourth-order valence-corrected chi connectivity index (χ4v) is 4.02. The van der Waals surface area contributed by atoms with Crippen molar-refractivity contribution in [3.8, 4) is 12.3 Å². The van der Waals surface area contributed by atoms with E-state index in [1.165, 1.54) is 0 Å². The molecule has 0 aromatic carbocycles. The van der Waals surface area contributed by atoms with Crippen molar-refractivity contribution in [3.05, 3.63) is 26.6 Å². The molecule has 2 rings (SSSR count). The van der Waals surface area contributed by atoms with Crippen LogP contribution in [-0.2, 0) is 20.8 Å². The number of hydrogen-bond acceptors (Lipinski definition) is 9. The van der Waals surface area contributed by atoms with E-state index < -0.39 is 12.1 Å². The Labute approximate surface area is 179 Å². The van der Waals surface area contributed by atoms with Crippen molar-refractivity contribution < 1.29 is 24.1 Å². The number of rotatable bonds is 12. The number of carbonyl (C=O) groups excluding carboxylic acids is 1. The first kappa shape index (κ1) is 24.0. The number of nitrogens with one attached hydrogen (secondary N) is 1. The van der Waals surface area contributed by atoms with Crippen LogP contribution >= 0.6 is 11.3 Å². The molecule has 30 heavy (non-hydrogen) atoms. The van der Waals surface area contributed by atoms with E-state index in [4.69, 9.17) is 20.6 Å². The van der Waals surface area contributed by atoms with E-state index in [1.54, 1.807) is 21.0 Å². The molecule has 0 amide bonds. The lowest BCUT2D eigenvalue weighted by atomic mass is 10.2. The normalized spacial score (nSPS) is 12.3. The van der Waals surface area contributed by atoms with Gasteiger partial charge in [0.05, 0.1) is 37.9 Å². The van der Waals surface area contributed by atoms with Gasteiger partial charge in [-0.1, -0.05) is 5.92 Å². The second kappa shape index (κ2) is 11.8. The van der Waals surface area contributed by atoms with Crippen LogP contribution in [-0.4, -0.2) is 78.7 Å². The highest BCUT2D eigenvalue weighted by Gasteiger charge is 2.21. The molecule has 0 fully saturated rings. The quantitative estimate of drug-likeness (QED) is 0.286. The third-order valence-corrected chi connectivity index (χ3v) is 5.43. The largest absolute Gasteiger partial charge is 0.462 e. The van der Waals surface area contributed by atoms with Gasteiger partial charge in [-0.25, -0.2) is 9.78 Å². The molecule has 0 spiro atoms. The fraction of sp³-hybridized carbons (Fsp3) is 0.550. The number of aliphatic hydroxyl groups excluding tert-OH is 1. The maximum Gasteiger partial charge on any atom is 0.348 e. The van der Waals surface area contributed by atoms with Crippen molar-refractivity contribution >= 4 is 27.5 Å². The van der Waals surface area contributed by atoms with Gasteiger partial charge in [0.15, 0.2) is 0 Å². The summed E-state index contributed by atoms with van der Waals surface area (Å²) in [4.78, 5) is 34.8.